The van der Waals surface area contributed by atoms with Gasteiger partial charge in [0.05, 0.1) is 13.2 Å². The fraction of sp³-hybridized carbons (Fsp3) is 0.767. The highest BCUT2D eigenvalue weighted by atomic mass is 31.2. The Bertz CT molecular complexity index is 1010. The maximum Gasteiger partial charge on any atom is 0.472 e. The van der Waals surface area contributed by atoms with E-state index < -0.39 is 32.5 Å². The Hall–Kier alpha value is -2.03. The second-order valence-electron chi connectivity index (χ2n) is 13.9. The summed E-state index contributed by atoms with van der Waals surface area (Å²) >= 11 is 0. The van der Waals surface area contributed by atoms with E-state index in [1.807, 2.05) is 6.08 Å². The van der Waals surface area contributed by atoms with Gasteiger partial charge in [-0.05, 0) is 51.4 Å². The molecule has 10 heteroatoms. The van der Waals surface area contributed by atoms with Gasteiger partial charge in [0.25, 0.3) is 0 Å². The Morgan fingerprint density at radius 3 is 1.51 bits per heavy atom. The van der Waals surface area contributed by atoms with Crippen molar-refractivity contribution >= 4 is 19.8 Å². The molecule has 53 heavy (non-hydrogen) atoms. The number of phosphoric acid groups is 1. The molecule has 3 N–H and O–H groups in total. The minimum Gasteiger partial charge on any atom is -0.462 e. The maximum atomic E-state index is 12.5. The molecule has 0 aliphatic heterocycles. The molecule has 1 unspecified atom stereocenters. The molecule has 9 nitrogen and oxygen atoms in total. The standard InChI is InChI=1S/C43H78NO8P/c1-3-5-7-9-11-13-15-17-19-20-22-24-26-28-30-32-34-36-43(46)52-41(40-51-53(47,48)50-38-37-44)39-49-42(45)35-33-31-29-27-25-23-21-18-16-14-12-10-8-6-4-2/h11,13,17,19,22,24,28,30,41H,3-10,12,14-16,18,20-21,23,25-27,29,31-40,44H2,1-2H3,(H,47,48)/b13-11+,19-17-,24-22-,30-28+/t41-/m1/s1. The number of allylic oxidation sites excluding steroid dienone is 8. The van der Waals surface area contributed by atoms with Gasteiger partial charge >= 0.3 is 19.8 Å². The normalized spacial score (nSPS) is 13.8. The van der Waals surface area contributed by atoms with Crippen LogP contribution in [0, 0.1) is 0 Å². The molecular formula is C43H78NO8P. The molecule has 308 valence electrons. The Labute approximate surface area is 324 Å². The van der Waals surface area contributed by atoms with E-state index in [4.69, 9.17) is 24.3 Å². The molecule has 2 atom stereocenters. The summed E-state index contributed by atoms with van der Waals surface area (Å²) in [5.41, 5.74) is 5.34. The Morgan fingerprint density at radius 2 is 1.00 bits per heavy atom. The van der Waals surface area contributed by atoms with Gasteiger partial charge in [-0.1, -0.05) is 165 Å². The lowest BCUT2D eigenvalue weighted by Gasteiger charge is -2.19. The first-order valence-electron chi connectivity index (χ1n) is 21.1. The third kappa shape index (κ3) is 39.5. The van der Waals surface area contributed by atoms with Crippen molar-refractivity contribution in [1.82, 2.24) is 0 Å². The average Bonchev–Trinajstić information content (AvgIpc) is 3.14. The van der Waals surface area contributed by atoms with Gasteiger partial charge in [0, 0.05) is 19.4 Å². The molecule has 0 spiro atoms. The van der Waals surface area contributed by atoms with Gasteiger partial charge < -0.3 is 20.1 Å². The monoisotopic (exact) mass is 768 g/mol. The molecule has 0 heterocycles. The number of ether oxygens (including phenoxy) is 2. The van der Waals surface area contributed by atoms with Crippen molar-refractivity contribution in [1.29, 1.82) is 0 Å². The quantitative estimate of drug-likeness (QED) is 0.0271. The minimum absolute atomic E-state index is 0.0443. The van der Waals surface area contributed by atoms with Crippen molar-refractivity contribution in [2.45, 2.75) is 187 Å². The fourth-order valence-corrected chi connectivity index (χ4v) is 6.33. The van der Waals surface area contributed by atoms with E-state index in [0.717, 1.165) is 38.5 Å². The van der Waals surface area contributed by atoms with Crippen molar-refractivity contribution in [2.75, 3.05) is 26.4 Å². The highest BCUT2D eigenvalue weighted by Gasteiger charge is 2.25. The Morgan fingerprint density at radius 1 is 0.566 bits per heavy atom. The van der Waals surface area contributed by atoms with E-state index in [9.17, 15) is 19.0 Å². The molecule has 0 amide bonds. The second kappa shape index (κ2) is 39.7. The summed E-state index contributed by atoms with van der Waals surface area (Å²) in [6.07, 6.45) is 44.3. The van der Waals surface area contributed by atoms with Crippen molar-refractivity contribution in [3.05, 3.63) is 48.6 Å². The Kier molecular flexibility index (Phi) is 38.1. The van der Waals surface area contributed by atoms with Gasteiger partial charge in [-0.15, -0.1) is 0 Å². The van der Waals surface area contributed by atoms with Crippen LogP contribution in [0.15, 0.2) is 48.6 Å². The highest BCUT2D eigenvalue weighted by Crippen LogP contribution is 2.43. The summed E-state index contributed by atoms with van der Waals surface area (Å²) in [6.45, 7) is 3.64. The molecule has 0 rings (SSSR count). The molecule has 0 aromatic carbocycles. The van der Waals surface area contributed by atoms with Crippen LogP contribution in [-0.2, 0) is 32.7 Å². The van der Waals surface area contributed by atoms with Gasteiger partial charge in [0.15, 0.2) is 6.10 Å². The number of rotatable bonds is 39. The van der Waals surface area contributed by atoms with Gasteiger partial charge in [-0.25, -0.2) is 4.57 Å². The van der Waals surface area contributed by atoms with Crippen molar-refractivity contribution in [2.24, 2.45) is 5.73 Å². The SMILES string of the molecule is CCCCC/C=C/C/C=C\C/C=C\C/C=C/CCCC(=O)O[C@H](COC(=O)CCCCCCCCCCCCCCCCC)COP(=O)(O)OCCN. The smallest absolute Gasteiger partial charge is 0.462 e. The molecule has 0 saturated carbocycles. The van der Waals surface area contributed by atoms with Crippen LogP contribution in [0.3, 0.4) is 0 Å². The average molecular weight is 768 g/mol. The van der Waals surface area contributed by atoms with Crippen molar-refractivity contribution in [3.8, 4) is 0 Å². The molecule has 0 aliphatic rings. The zero-order valence-electron chi connectivity index (χ0n) is 33.7. The first-order valence-corrected chi connectivity index (χ1v) is 22.6. The van der Waals surface area contributed by atoms with Gasteiger partial charge in [0.2, 0.25) is 0 Å². The zero-order valence-corrected chi connectivity index (χ0v) is 34.6. The molecule has 0 fully saturated rings. The number of esters is 2. The molecule has 0 saturated heterocycles. The van der Waals surface area contributed by atoms with Crippen LogP contribution in [0.2, 0.25) is 0 Å². The van der Waals surface area contributed by atoms with Gasteiger partial charge in [-0.3, -0.25) is 18.6 Å². The summed E-state index contributed by atoms with van der Waals surface area (Å²) < 4.78 is 32.7. The van der Waals surface area contributed by atoms with Crippen molar-refractivity contribution < 1.29 is 37.6 Å². The van der Waals surface area contributed by atoms with E-state index in [1.54, 1.807) is 0 Å². The number of unbranched alkanes of at least 4 members (excludes halogenated alkanes) is 18. The number of phosphoric ester groups is 1. The number of hydrogen-bond donors (Lipinski definition) is 2. The van der Waals surface area contributed by atoms with E-state index in [1.165, 1.54) is 103 Å². The Balaban J connectivity index is 4.26. The molecule has 0 aromatic rings. The first-order chi connectivity index (χ1) is 25.8. The lowest BCUT2D eigenvalue weighted by molar-refractivity contribution is -0.161. The number of carbonyl (C=O) groups is 2. The van der Waals surface area contributed by atoms with Crippen LogP contribution in [0.1, 0.15) is 181 Å². The van der Waals surface area contributed by atoms with Gasteiger partial charge in [0.1, 0.15) is 6.61 Å². The van der Waals surface area contributed by atoms with Crippen LogP contribution in [0.25, 0.3) is 0 Å². The third-order valence-electron chi connectivity index (χ3n) is 8.72. The summed E-state index contributed by atoms with van der Waals surface area (Å²) in [5.74, 6) is -0.892. The molecule has 0 radical (unpaired) electrons. The highest BCUT2D eigenvalue weighted by molar-refractivity contribution is 7.47. The largest absolute Gasteiger partial charge is 0.472 e. The van der Waals surface area contributed by atoms with E-state index in [-0.39, 0.29) is 32.6 Å². The molecule has 0 aliphatic carbocycles. The predicted molar refractivity (Wildman–Crippen MR) is 220 cm³/mol. The van der Waals surface area contributed by atoms with Crippen LogP contribution in [0.4, 0.5) is 0 Å². The molecular weight excluding hydrogens is 689 g/mol. The summed E-state index contributed by atoms with van der Waals surface area (Å²) in [5, 5.41) is 0. The molecule has 0 bridgehead atoms. The zero-order chi connectivity index (χ0) is 38.9. The van der Waals surface area contributed by atoms with Crippen LogP contribution in [-0.4, -0.2) is 49.3 Å². The first kappa shape index (κ1) is 51.0. The third-order valence-corrected chi connectivity index (χ3v) is 9.70. The fourth-order valence-electron chi connectivity index (χ4n) is 5.57. The summed E-state index contributed by atoms with van der Waals surface area (Å²) in [4.78, 5) is 34.8. The number of nitrogens with two attached hydrogens (primary N) is 1. The van der Waals surface area contributed by atoms with Crippen LogP contribution < -0.4 is 5.73 Å². The van der Waals surface area contributed by atoms with E-state index in [0.29, 0.717) is 12.8 Å². The maximum absolute atomic E-state index is 12.5. The van der Waals surface area contributed by atoms with Crippen LogP contribution in [0.5, 0.6) is 0 Å². The lowest BCUT2D eigenvalue weighted by atomic mass is 10.0. The van der Waals surface area contributed by atoms with E-state index in [2.05, 4.69) is 56.4 Å². The minimum atomic E-state index is -4.39. The van der Waals surface area contributed by atoms with E-state index >= 15 is 0 Å². The topological polar surface area (TPSA) is 134 Å². The predicted octanol–water partition coefficient (Wildman–Crippen LogP) is 11.9. The summed E-state index contributed by atoms with van der Waals surface area (Å²) in [6, 6.07) is 0. The van der Waals surface area contributed by atoms with Crippen molar-refractivity contribution in [3.63, 3.8) is 0 Å². The van der Waals surface area contributed by atoms with Gasteiger partial charge in [-0.2, -0.15) is 0 Å². The number of hydrogen-bond acceptors (Lipinski definition) is 8. The van der Waals surface area contributed by atoms with Crippen LogP contribution >= 0.6 is 7.82 Å². The lowest BCUT2D eigenvalue weighted by Crippen LogP contribution is -2.29. The molecule has 0 aromatic heterocycles. The number of carbonyl (C=O) groups excluding carboxylic acids is 2. The second-order valence-corrected chi connectivity index (χ2v) is 15.3. The summed E-state index contributed by atoms with van der Waals surface area (Å²) in [7, 11) is -4.39.